The molecule has 0 spiro atoms. The van der Waals surface area contributed by atoms with Crippen molar-refractivity contribution in [1.29, 1.82) is 0 Å². The second-order valence-corrected chi connectivity index (χ2v) is 5.24. The fourth-order valence-corrected chi connectivity index (χ4v) is 2.57. The summed E-state index contributed by atoms with van der Waals surface area (Å²) in [6.45, 7) is 1.99. The molecule has 1 aliphatic heterocycles. The quantitative estimate of drug-likeness (QED) is 0.756. The molecular formula is C14H18Cl2F6N2. The minimum absolute atomic E-state index is 0. The Morgan fingerprint density at radius 3 is 1.83 bits per heavy atom. The molecule has 0 amide bonds. The lowest BCUT2D eigenvalue weighted by Crippen LogP contribution is -2.46. The fraction of sp³-hybridized carbons (Fsp3) is 0.571. The topological polar surface area (TPSA) is 15.3 Å². The van der Waals surface area contributed by atoms with E-state index in [1.165, 1.54) is 0 Å². The van der Waals surface area contributed by atoms with E-state index in [2.05, 4.69) is 5.32 Å². The van der Waals surface area contributed by atoms with Crippen LogP contribution in [0, 0.1) is 0 Å². The highest BCUT2D eigenvalue weighted by Gasteiger charge is 2.36. The molecule has 1 atom stereocenters. The third kappa shape index (κ3) is 6.66. The van der Waals surface area contributed by atoms with Gasteiger partial charge in [-0.2, -0.15) is 26.3 Å². The maximum atomic E-state index is 12.8. The van der Waals surface area contributed by atoms with Gasteiger partial charge in [0, 0.05) is 32.2 Å². The smallest absolute Gasteiger partial charge is 0.314 e. The molecular weight excluding hydrogens is 381 g/mol. The average Bonchev–Trinajstić information content (AvgIpc) is 2.44. The van der Waals surface area contributed by atoms with Gasteiger partial charge in [0.25, 0.3) is 0 Å². The van der Waals surface area contributed by atoms with Crippen LogP contribution in [0.15, 0.2) is 24.3 Å². The number of hydrogen-bond acceptors (Lipinski definition) is 2. The zero-order chi connectivity index (χ0) is 16.4. The zero-order valence-corrected chi connectivity index (χ0v) is 14.1. The number of halogens is 8. The Kier molecular flexibility index (Phi) is 8.86. The van der Waals surface area contributed by atoms with Gasteiger partial charge in [0.2, 0.25) is 0 Å². The van der Waals surface area contributed by atoms with Crippen LogP contribution in [0.2, 0.25) is 0 Å². The van der Waals surface area contributed by atoms with Crippen LogP contribution in [0.1, 0.15) is 23.6 Å². The van der Waals surface area contributed by atoms with Crippen molar-refractivity contribution in [2.24, 2.45) is 0 Å². The van der Waals surface area contributed by atoms with Gasteiger partial charge in [0.15, 0.2) is 0 Å². The van der Waals surface area contributed by atoms with Gasteiger partial charge >= 0.3 is 12.4 Å². The highest BCUT2D eigenvalue weighted by molar-refractivity contribution is 5.85. The first kappa shape index (κ1) is 23.3. The van der Waals surface area contributed by atoms with Crippen LogP contribution in [0.4, 0.5) is 26.3 Å². The van der Waals surface area contributed by atoms with E-state index in [-0.39, 0.29) is 30.4 Å². The summed E-state index contributed by atoms with van der Waals surface area (Å²) in [6, 6.07) is 2.99. The van der Waals surface area contributed by atoms with Crippen LogP contribution in [-0.4, -0.2) is 37.3 Å². The molecule has 0 bridgehead atoms. The van der Waals surface area contributed by atoms with Crippen LogP contribution in [-0.2, 0) is 6.18 Å². The standard InChI is InChI=1S/C14H16F6N2.2ClH/c15-13(16,17)9-12(22-7-5-21-6-8-22)10-1-3-11(4-2-10)14(18,19)20;;/h1-4,12,21H,5-9H2;2*1H/t12-;;/m1../s1. The van der Waals surface area contributed by atoms with Crippen LogP contribution in [0.3, 0.4) is 0 Å². The molecule has 0 aliphatic carbocycles. The summed E-state index contributed by atoms with van der Waals surface area (Å²) in [7, 11) is 0. The van der Waals surface area contributed by atoms with Gasteiger partial charge in [-0.1, -0.05) is 12.1 Å². The Labute approximate surface area is 148 Å². The lowest BCUT2D eigenvalue weighted by atomic mass is 9.99. The number of nitrogens with one attached hydrogen (secondary N) is 1. The first-order chi connectivity index (χ1) is 10.2. The molecule has 1 heterocycles. The SMILES string of the molecule is Cl.Cl.FC(F)(F)C[C@H](c1ccc(C(F)(F)F)cc1)N1CCNCC1. The third-order valence-corrected chi connectivity index (χ3v) is 3.64. The number of nitrogens with zero attached hydrogens (tertiary/aromatic N) is 1. The molecule has 24 heavy (non-hydrogen) atoms. The fourth-order valence-electron chi connectivity index (χ4n) is 2.57. The molecule has 1 fully saturated rings. The predicted octanol–water partition coefficient (Wildman–Crippen LogP) is 4.45. The minimum Gasteiger partial charge on any atom is -0.314 e. The van der Waals surface area contributed by atoms with E-state index in [1.807, 2.05) is 0 Å². The lowest BCUT2D eigenvalue weighted by molar-refractivity contribution is -0.149. The maximum absolute atomic E-state index is 12.8. The molecule has 1 aromatic carbocycles. The van der Waals surface area contributed by atoms with Crippen molar-refractivity contribution in [3.8, 4) is 0 Å². The van der Waals surface area contributed by atoms with Gasteiger partial charge < -0.3 is 5.32 Å². The third-order valence-electron chi connectivity index (χ3n) is 3.64. The van der Waals surface area contributed by atoms with Gasteiger partial charge in [0.05, 0.1) is 12.0 Å². The number of rotatable bonds is 3. The van der Waals surface area contributed by atoms with E-state index in [9.17, 15) is 26.3 Å². The Balaban J connectivity index is 0.00000264. The molecule has 1 aliphatic rings. The summed E-state index contributed by atoms with van der Waals surface area (Å²) in [5.74, 6) is 0. The molecule has 2 nitrogen and oxygen atoms in total. The minimum atomic E-state index is -4.49. The van der Waals surface area contributed by atoms with Crippen molar-refractivity contribution in [3.63, 3.8) is 0 Å². The first-order valence-electron chi connectivity index (χ1n) is 6.85. The van der Waals surface area contributed by atoms with Gasteiger partial charge in [-0.3, -0.25) is 4.90 Å². The van der Waals surface area contributed by atoms with Crippen molar-refractivity contribution in [1.82, 2.24) is 10.2 Å². The van der Waals surface area contributed by atoms with Crippen molar-refractivity contribution in [2.75, 3.05) is 26.2 Å². The van der Waals surface area contributed by atoms with Crippen molar-refractivity contribution in [3.05, 3.63) is 35.4 Å². The van der Waals surface area contributed by atoms with E-state index in [0.717, 1.165) is 24.3 Å². The lowest BCUT2D eigenvalue weighted by Gasteiger charge is -2.35. The predicted molar refractivity (Wildman–Crippen MR) is 83.8 cm³/mol. The number of alkyl halides is 6. The van der Waals surface area contributed by atoms with Crippen molar-refractivity contribution < 1.29 is 26.3 Å². The molecule has 10 heteroatoms. The number of hydrogen-bond donors (Lipinski definition) is 1. The van der Waals surface area contributed by atoms with Crippen LogP contribution < -0.4 is 5.32 Å². The molecule has 0 aromatic heterocycles. The summed E-state index contributed by atoms with van der Waals surface area (Å²) < 4.78 is 76.0. The van der Waals surface area contributed by atoms with Gasteiger partial charge in [-0.25, -0.2) is 0 Å². The van der Waals surface area contributed by atoms with E-state index in [4.69, 9.17) is 0 Å². The van der Waals surface area contributed by atoms with Gasteiger partial charge in [0.1, 0.15) is 0 Å². The summed E-state index contributed by atoms with van der Waals surface area (Å²) in [4.78, 5) is 1.66. The molecule has 1 saturated heterocycles. The Bertz CT molecular complexity index is 484. The van der Waals surface area contributed by atoms with E-state index in [1.54, 1.807) is 4.90 Å². The summed E-state index contributed by atoms with van der Waals surface area (Å²) in [5, 5.41) is 3.04. The Hall–Kier alpha value is -0.700. The molecule has 0 unspecified atom stereocenters. The van der Waals surface area contributed by atoms with E-state index < -0.39 is 30.4 Å². The summed E-state index contributed by atoms with van der Waals surface area (Å²) >= 11 is 0. The van der Waals surface area contributed by atoms with E-state index >= 15 is 0 Å². The largest absolute Gasteiger partial charge is 0.416 e. The maximum Gasteiger partial charge on any atom is 0.416 e. The molecule has 0 radical (unpaired) electrons. The molecule has 0 saturated carbocycles. The Morgan fingerprint density at radius 1 is 0.917 bits per heavy atom. The van der Waals surface area contributed by atoms with Crippen LogP contribution in [0.5, 0.6) is 0 Å². The van der Waals surface area contributed by atoms with E-state index in [0.29, 0.717) is 26.2 Å². The second-order valence-electron chi connectivity index (χ2n) is 5.24. The molecule has 2 rings (SSSR count). The van der Waals surface area contributed by atoms with Crippen molar-refractivity contribution in [2.45, 2.75) is 24.8 Å². The monoisotopic (exact) mass is 398 g/mol. The van der Waals surface area contributed by atoms with Crippen LogP contribution in [0.25, 0.3) is 0 Å². The molecule has 140 valence electrons. The highest BCUT2D eigenvalue weighted by atomic mass is 35.5. The Morgan fingerprint density at radius 2 is 1.42 bits per heavy atom. The molecule has 1 N–H and O–H groups in total. The van der Waals surface area contributed by atoms with Gasteiger partial charge in [-0.05, 0) is 17.7 Å². The molecule has 1 aromatic rings. The highest BCUT2D eigenvalue weighted by Crippen LogP contribution is 2.36. The average molecular weight is 399 g/mol. The van der Waals surface area contributed by atoms with Crippen molar-refractivity contribution >= 4 is 24.8 Å². The number of piperazine rings is 1. The first-order valence-corrected chi connectivity index (χ1v) is 6.85. The van der Waals surface area contributed by atoms with Crippen LogP contribution >= 0.6 is 24.8 Å². The van der Waals surface area contributed by atoms with Gasteiger partial charge in [-0.15, -0.1) is 24.8 Å². The normalized spacial score (nSPS) is 17.6. The number of benzene rings is 1. The second kappa shape index (κ2) is 9.12. The summed E-state index contributed by atoms with van der Waals surface area (Å²) in [5.41, 5.74) is -0.602. The summed E-state index contributed by atoms with van der Waals surface area (Å²) in [6.07, 6.45) is -9.94. The zero-order valence-electron chi connectivity index (χ0n) is 12.5.